The number of benzene rings is 2. The number of nitrogens with zero attached hydrogens (tertiary/aromatic N) is 2. The molecule has 1 aromatic heterocycles. The Morgan fingerprint density at radius 3 is 2.59 bits per heavy atom. The van der Waals surface area contributed by atoms with Crippen LogP contribution in [-0.2, 0) is 6.42 Å². The average Bonchev–Trinajstić information content (AvgIpc) is 3.26. The van der Waals surface area contributed by atoms with Crippen LogP contribution in [0.5, 0.6) is 0 Å². The molecule has 146 valence electrons. The maximum absolute atomic E-state index is 13.3. The summed E-state index contributed by atoms with van der Waals surface area (Å²) in [6.45, 7) is 4.27. The van der Waals surface area contributed by atoms with Gasteiger partial charge < -0.3 is 0 Å². The fourth-order valence-electron chi connectivity index (χ4n) is 4.97. The molecular weight excluding hydrogens is 363 g/mol. The van der Waals surface area contributed by atoms with Gasteiger partial charge in [-0.25, -0.2) is 9.07 Å². The Balaban J connectivity index is 1.50. The number of aryl methyl sites for hydroxylation is 1. The van der Waals surface area contributed by atoms with Crippen molar-refractivity contribution in [2.75, 3.05) is 0 Å². The molecule has 3 nitrogen and oxygen atoms in total. The van der Waals surface area contributed by atoms with Crippen LogP contribution in [-0.4, -0.2) is 15.6 Å². The van der Waals surface area contributed by atoms with Gasteiger partial charge in [0.15, 0.2) is 5.78 Å². The second-order valence-electron chi connectivity index (χ2n) is 8.53. The molecule has 0 bridgehead atoms. The van der Waals surface area contributed by atoms with Crippen molar-refractivity contribution in [3.05, 3.63) is 88.5 Å². The minimum atomic E-state index is -0.314. The third kappa shape index (κ3) is 2.86. The molecule has 2 aliphatic rings. The van der Waals surface area contributed by atoms with Crippen LogP contribution in [0.15, 0.2) is 60.3 Å². The van der Waals surface area contributed by atoms with Crippen LogP contribution in [0.25, 0.3) is 11.8 Å². The molecule has 2 aliphatic carbocycles. The minimum Gasteiger partial charge on any atom is -0.294 e. The quantitative estimate of drug-likeness (QED) is 0.553. The SMILES string of the molecule is Cc1ccc(-n2ncc3c2C=C2CC[C@H](C(=O)c4ccc(F)cc4)[C@@]2(C)C3)cc1. The number of carbonyl (C=O) groups is 1. The molecule has 1 heterocycles. The predicted molar refractivity (Wildman–Crippen MR) is 112 cm³/mol. The van der Waals surface area contributed by atoms with Gasteiger partial charge in [-0.2, -0.15) is 5.10 Å². The van der Waals surface area contributed by atoms with Crippen molar-refractivity contribution in [3.8, 4) is 5.69 Å². The van der Waals surface area contributed by atoms with Crippen molar-refractivity contribution in [2.24, 2.45) is 11.3 Å². The van der Waals surface area contributed by atoms with Crippen molar-refractivity contribution >= 4 is 11.9 Å². The van der Waals surface area contributed by atoms with E-state index in [1.807, 2.05) is 10.9 Å². The highest BCUT2D eigenvalue weighted by atomic mass is 19.1. The number of fused-ring (bicyclic) bond motifs is 2. The zero-order chi connectivity index (χ0) is 20.2. The van der Waals surface area contributed by atoms with Crippen LogP contribution in [0, 0.1) is 24.1 Å². The summed E-state index contributed by atoms with van der Waals surface area (Å²) in [6.07, 6.45) is 6.72. The van der Waals surface area contributed by atoms with Gasteiger partial charge in [-0.3, -0.25) is 4.79 Å². The molecule has 0 saturated heterocycles. The molecule has 2 aromatic carbocycles. The highest BCUT2D eigenvalue weighted by molar-refractivity contribution is 5.99. The Morgan fingerprint density at radius 2 is 1.86 bits per heavy atom. The maximum atomic E-state index is 13.3. The Kier molecular flexibility index (Phi) is 4.05. The summed E-state index contributed by atoms with van der Waals surface area (Å²) in [5.41, 5.74) is 6.28. The van der Waals surface area contributed by atoms with Gasteiger partial charge in [-0.05, 0) is 74.2 Å². The van der Waals surface area contributed by atoms with E-state index in [-0.39, 0.29) is 22.9 Å². The third-order valence-corrected chi connectivity index (χ3v) is 6.68. The van der Waals surface area contributed by atoms with E-state index in [0.29, 0.717) is 5.56 Å². The lowest BCUT2D eigenvalue weighted by atomic mass is 9.68. The lowest BCUT2D eigenvalue weighted by Crippen LogP contribution is -2.33. The zero-order valence-corrected chi connectivity index (χ0v) is 16.7. The highest BCUT2D eigenvalue weighted by Crippen LogP contribution is 2.54. The number of hydrogen-bond acceptors (Lipinski definition) is 2. The van der Waals surface area contributed by atoms with Crippen molar-refractivity contribution in [3.63, 3.8) is 0 Å². The molecule has 0 N–H and O–H groups in total. The Bertz CT molecular complexity index is 1120. The first-order valence-electron chi connectivity index (χ1n) is 10.1. The van der Waals surface area contributed by atoms with Crippen LogP contribution in [0.4, 0.5) is 4.39 Å². The van der Waals surface area contributed by atoms with Crippen molar-refractivity contribution in [1.29, 1.82) is 0 Å². The molecule has 0 spiro atoms. The van der Waals surface area contributed by atoms with E-state index < -0.39 is 0 Å². The standard InChI is InChI=1S/C25H23FN2O/c1-16-3-10-21(11-4-16)28-23-13-19-7-12-22(25(19,2)14-18(23)15-27-28)24(29)17-5-8-20(26)9-6-17/h3-6,8-11,13,15,22H,7,12,14H2,1-2H3/t22-,25+/m1/s1. The first-order valence-corrected chi connectivity index (χ1v) is 10.1. The maximum Gasteiger partial charge on any atom is 0.166 e. The number of rotatable bonds is 3. The number of ketones is 1. The molecule has 1 fully saturated rings. The summed E-state index contributed by atoms with van der Waals surface area (Å²) < 4.78 is 15.3. The zero-order valence-electron chi connectivity index (χ0n) is 16.7. The summed E-state index contributed by atoms with van der Waals surface area (Å²) in [7, 11) is 0. The van der Waals surface area contributed by atoms with Gasteiger partial charge in [0, 0.05) is 16.9 Å². The molecule has 4 heteroatoms. The summed E-state index contributed by atoms with van der Waals surface area (Å²) in [5, 5.41) is 4.64. The second kappa shape index (κ2) is 6.51. The summed E-state index contributed by atoms with van der Waals surface area (Å²) in [4.78, 5) is 13.2. The Hall–Kier alpha value is -3.01. The van der Waals surface area contributed by atoms with Gasteiger partial charge in [0.05, 0.1) is 17.6 Å². The van der Waals surface area contributed by atoms with Crippen molar-refractivity contribution < 1.29 is 9.18 Å². The van der Waals surface area contributed by atoms with E-state index in [4.69, 9.17) is 0 Å². The van der Waals surface area contributed by atoms with E-state index in [1.54, 1.807) is 12.1 Å². The molecule has 5 rings (SSSR count). The number of allylic oxidation sites excluding steroid dienone is 1. The Morgan fingerprint density at radius 1 is 1.14 bits per heavy atom. The monoisotopic (exact) mass is 386 g/mol. The molecule has 0 amide bonds. The number of halogens is 1. The molecule has 1 saturated carbocycles. The molecule has 29 heavy (non-hydrogen) atoms. The Labute approximate surface area is 169 Å². The molecular formula is C25H23FN2O. The molecule has 0 radical (unpaired) electrons. The van der Waals surface area contributed by atoms with E-state index in [2.05, 4.69) is 49.3 Å². The smallest absolute Gasteiger partial charge is 0.166 e. The van der Waals surface area contributed by atoms with E-state index in [9.17, 15) is 9.18 Å². The number of carbonyl (C=O) groups excluding carboxylic acids is 1. The van der Waals surface area contributed by atoms with E-state index in [1.165, 1.54) is 28.8 Å². The fraction of sp³-hybridized carbons (Fsp3) is 0.280. The number of hydrogen-bond donors (Lipinski definition) is 0. The van der Waals surface area contributed by atoms with E-state index >= 15 is 0 Å². The van der Waals surface area contributed by atoms with Crippen LogP contribution in [0.3, 0.4) is 0 Å². The first-order chi connectivity index (χ1) is 14.0. The van der Waals surface area contributed by atoms with Crippen LogP contribution in [0.1, 0.15) is 46.9 Å². The van der Waals surface area contributed by atoms with Gasteiger partial charge in [0.25, 0.3) is 0 Å². The van der Waals surface area contributed by atoms with Gasteiger partial charge in [-0.15, -0.1) is 0 Å². The molecule has 2 atom stereocenters. The normalized spacial score (nSPS) is 22.7. The molecule has 3 aromatic rings. The largest absolute Gasteiger partial charge is 0.294 e. The highest BCUT2D eigenvalue weighted by Gasteiger charge is 2.48. The van der Waals surface area contributed by atoms with E-state index in [0.717, 1.165) is 30.6 Å². The van der Waals surface area contributed by atoms with Crippen molar-refractivity contribution in [1.82, 2.24) is 9.78 Å². The van der Waals surface area contributed by atoms with Gasteiger partial charge in [-0.1, -0.05) is 30.2 Å². The van der Waals surface area contributed by atoms with Crippen LogP contribution < -0.4 is 0 Å². The van der Waals surface area contributed by atoms with Gasteiger partial charge in [0.2, 0.25) is 0 Å². The van der Waals surface area contributed by atoms with Crippen molar-refractivity contribution in [2.45, 2.75) is 33.1 Å². The van der Waals surface area contributed by atoms with Crippen LogP contribution >= 0.6 is 0 Å². The predicted octanol–water partition coefficient (Wildman–Crippen LogP) is 5.56. The van der Waals surface area contributed by atoms with Gasteiger partial charge >= 0.3 is 0 Å². The summed E-state index contributed by atoms with van der Waals surface area (Å²) in [6, 6.07) is 14.3. The summed E-state index contributed by atoms with van der Waals surface area (Å²) in [5.74, 6) is -0.286. The number of Topliss-reactive ketones (excluding diaryl/α,β-unsaturated/α-hetero) is 1. The topological polar surface area (TPSA) is 34.9 Å². The first kappa shape index (κ1) is 18.0. The molecule has 0 aliphatic heterocycles. The lowest BCUT2D eigenvalue weighted by Gasteiger charge is -2.35. The second-order valence-corrected chi connectivity index (χ2v) is 8.53. The summed E-state index contributed by atoms with van der Waals surface area (Å²) >= 11 is 0. The lowest BCUT2D eigenvalue weighted by molar-refractivity contribution is 0.0843. The minimum absolute atomic E-state index is 0.0879. The average molecular weight is 386 g/mol. The van der Waals surface area contributed by atoms with Crippen LogP contribution in [0.2, 0.25) is 0 Å². The fourth-order valence-corrected chi connectivity index (χ4v) is 4.97. The third-order valence-electron chi connectivity index (χ3n) is 6.68. The molecule has 0 unspecified atom stereocenters. The van der Waals surface area contributed by atoms with Gasteiger partial charge in [0.1, 0.15) is 5.82 Å². The number of aromatic nitrogens is 2.